The van der Waals surface area contributed by atoms with E-state index in [0.29, 0.717) is 12.1 Å². The zero-order chi connectivity index (χ0) is 14.3. The van der Waals surface area contributed by atoms with E-state index in [2.05, 4.69) is 51.1 Å². The Kier molecular flexibility index (Phi) is 7.17. The van der Waals surface area contributed by atoms with Crippen LogP contribution in [0.3, 0.4) is 0 Å². The fraction of sp³-hybridized carbons (Fsp3) is 0.750. The van der Waals surface area contributed by atoms with Gasteiger partial charge in [-0.3, -0.25) is 0 Å². The Hall–Kier alpha value is -0.800. The first-order valence-electron chi connectivity index (χ1n) is 7.57. The highest BCUT2D eigenvalue weighted by Gasteiger charge is 2.22. The van der Waals surface area contributed by atoms with Crippen molar-refractivity contribution < 1.29 is 4.42 Å². The third-order valence-electron chi connectivity index (χ3n) is 4.12. The minimum Gasteiger partial charge on any atom is -0.468 e. The summed E-state index contributed by atoms with van der Waals surface area (Å²) in [6, 6.07) is 4.93. The largest absolute Gasteiger partial charge is 0.468 e. The fourth-order valence-electron chi connectivity index (χ4n) is 2.80. The number of hydrogen-bond acceptors (Lipinski definition) is 3. The summed E-state index contributed by atoms with van der Waals surface area (Å²) in [7, 11) is 4.36. The predicted octanol–water partition coefficient (Wildman–Crippen LogP) is 3.69. The zero-order valence-electron chi connectivity index (χ0n) is 13.1. The quantitative estimate of drug-likeness (QED) is 0.739. The van der Waals surface area contributed by atoms with E-state index in [-0.39, 0.29) is 0 Å². The van der Waals surface area contributed by atoms with Crippen LogP contribution < -0.4 is 5.32 Å². The van der Waals surface area contributed by atoms with E-state index in [1.54, 1.807) is 6.26 Å². The van der Waals surface area contributed by atoms with Crippen molar-refractivity contribution >= 4 is 0 Å². The highest BCUT2D eigenvalue weighted by atomic mass is 16.3. The van der Waals surface area contributed by atoms with Crippen molar-refractivity contribution in [2.24, 2.45) is 5.92 Å². The van der Waals surface area contributed by atoms with E-state index in [9.17, 15) is 0 Å². The molecule has 1 heterocycles. The summed E-state index contributed by atoms with van der Waals surface area (Å²) >= 11 is 0. The third-order valence-corrected chi connectivity index (χ3v) is 4.12. The Morgan fingerprint density at radius 1 is 1.16 bits per heavy atom. The normalized spacial score (nSPS) is 15.1. The molecular formula is C16H30N2O. The molecule has 0 spiro atoms. The van der Waals surface area contributed by atoms with Crippen molar-refractivity contribution in [3.05, 3.63) is 24.2 Å². The summed E-state index contributed by atoms with van der Waals surface area (Å²) in [5.74, 6) is 1.79. The molecule has 0 bridgehead atoms. The van der Waals surface area contributed by atoms with Gasteiger partial charge in [0.2, 0.25) is 0 Å². The molecule has 0 saturated heterocycles. The standard InChI is InChI=1S/C16H30N2O/c1-6-13(7-2)15(18(4)5)12-17-14(8-3)16-10-9-11-19-16/h9-11,13-15,17H,6-8,12H2,1-5H3. The second kappa shape index (κ2) is 8.39. The molecule has 3 heteroatoms. The van der Waals surface area contributed by atoms with Gasteiger partial charge in [0, 0.05) is 12.6 Å². The monoisotopic (exact) mass is 266 g/mol. The number of hydrogen-bond donors (Lipinski definition) is 1. The molecule has 1 aromatic heterocycles. The lowest BCUT2D eigenvalue weighted by atomic mass is 9.93. The van der Waals surface area contributed by atoms with Crippen LogP contribution in [0.1, 0.15) is 51.8 Å². The van der Waals surface area contributed by atoms with E-state index in [1.807, 2.05) is 6.07 Å². The highest BCUT2D eigenvalue weighted by molar-refractivity contribution is 5.04. The number of likely N-dealkylation sites (N-methyl/N-ethyl adjacent to an activating group) is 1. The van der Waals surface area contributed by atoms with Crippen LogP contribution in [0.4, 0.5) is 0 Å². The van der Waals surface area contributed by atoms with Gasteiger partial charge in [-0.2, -0.15) is 0 Å². The number of nitrogens with zero attached hydrogens (tertiary/aromatic N) is 1. The summed E-state index contributed by atoms with van der Waals surface area (Å²) in [5, 5.41) is 3.67. The molecule has 0 aliphatic rings. The average Bonchev–Trinajstić information content (AvgIpc) is 2.92. The lowest BCUT2D eigenvalue weighted by molar-refractivity contribution is 0.186. The number of furan rings is 1. The SMILES string of the molecule is CCC(NCC(C(CC)CC)N(C)C)c1ccco1. The minimum absolute atomic E-state index is 0.326. The third kappa shape index (κ3) is 4.66. The Labute approximate surface area is 118 Å². The van der Waals surface area contributed by atoms with Gasteiger partial charge < -0.3 is 14.6 Å². The molecule has 0 fully saturated rings. The second-order valence-corrected chi connectivity index (χ2v) is 5.49. The van der Waals surface area contributed by atoms with Gasteiger partial charge in [0.05, 0.1) is 12.3 Å². The second-order valence-electron chi connectivity index (χ2n) is 5.49. The summed E-state index contributed by atoms with van der Waals surface area (Å²) in [4.78, 5) is 2.35. The minimum atomic E-state index is 0.326. The van der Waals surface area contributed by atoms with Crippen LogP contribution >= 0.6 is 0 Å². The molecule has 0 aliphatic heterocycles. The molecule has 0 saturated carbocycles. The molecule has 0 amide bonds. The Morgan fingerprint density at radius 2 is 1.84 bits per heavy atom. The van der Waals surface area contributed by atoms with E-state index < -0.39 is 0 Å². The van der Waals surface area contributed by atoms with Crippen molar-refractivity contribution in [2.45, 2.75) is 52.1 Å². The maximum Gasteiger partial charge on any atom is 0.120 e. The van der Waals surface area contributed by atoms with Gasteiger partial charge in [0.1, 0.15) is 5.76 Å². The molecule has 2 unspecified atom stereocenters. The first-order chi connectivity index (χ1) is 9.13. The maximum atomic E-state index is 5.52. The number of nitrogens with one attached hydrogen (secondary N) is 1. The molecule has 0 aromatic carbocycles. The van der Waals surface area contributed by atoms with Gasteiger partial charge in [-0.25, -0.2) is 0 Å². The van der Waals surface area contributed by atoms with E-state index in [0.717, 1.165) is 24.6 Å². The molecule has 2 atom stereocenters. The molecule has 1 N–H and O–H groups in total. The first kappa shape index (κ1) is 16.3. The molecule has 110 valence electrons. The van der Waals surface area contributed by atoms with Crippen molar-refractivity contribution in [1.29, 1.82) is 0 Å². The van der Waals surface area contributed by atoms with Gasteiger partial charge in [-0.1, -0.05) is 33.6 Å². The van der Waals surface area contributed by atoms with E-state index in [4.69, 9.17) is 4.42 Å². The van der Waals surface area contributed by atoms with Crippen molar-refractivity contribution in [3.8, 4) is 0 Å². The van der Waals surface area contributed by atoms with Crippen LogP contribution in [-0.2, 0) is 0 Å². The summed E-state index contributed by atoms with van der Waals surface area (Å²) in [6.07, 6.45) is 5.28. The average molecular weight is 266 g/mol. The molecule has 0 radical (unpaired) electrons. The molecule has 3 nitrogen and oxygen atoms in total. The lowest BCUT2D eigenvalue weighted by Crippen LogP contribution is -2.43. The molecule has 0 aliphatic carbocycles. The summed E-state index contributed by atoms with van der Waals surface area (Å²) < 4.78 is 5.52. The maximum absolute atomic E-state index is 5.52. The molecular weight excluding hydrogens is 236 g/mol. The van der Waals surface area contributed by atoms with Crippen LogP contribution in [0.15, 0.2) is 22.8 Å². The summed E-state index contributed by atoms with van der Waals surface area (Å²) in [5.41, 5.74) is 0. The molecule has 1 rings (SSSR count). The Bertz CT molecular complexity index is 317. The first-order valence-corrected chi connectivity index (χ1v) is 7.57. The van der Waals surface area contributed by atoms with E-state index >= 15 is 0 Å². The highest BCUT2D eigenvalue weighted by Crippen LogP contribution is 2.20. The van der Waals surface area contributed by atoms with Gasteiger partial charge in [-0.15, -0.1) is 0 Å². The lowest BCUT2D eigenvalue weighted by Gasteiger charge is -2.32. The van der Waals surface area contributed by atoms with Gasteiger partial charge in [0.15, 0.2) is 0 Å². The van der Waals surface area contributed by atoms with Crippen LogP contribution in [0, 0.1) is 5.92 Å². The number of rotatable bonds is 9. The van der Waals surface area contributed by atoms with Gasteiger partial charge in [0.25, 0.3) is 0 Å². The van der Waals surface area contributed by atoms with Crippen LogP contribution in [0.25, 0.3) is 0 Å². The molecule has 19 heavy (non-hydrogen) atoms. The topological polar surface area (TPSA) is 28.4 Å². The van der Waals surface area contributed by atoms with E-state index in [1.165, 1.54) is 12.8 Å². The van der Waals surface area contributed by atoms with Crippen molar-refractivity contribution in [3.63, 3.8) is 0 Å². The molecule has 1 aromatic rings. The van der Waals surface area contributed by atoms with Crippen LogP contribution in [0.5, 0.6) is 0 Å². The smallest absolute Gasteiger partial charge is 0.120 e. The summed E-state index contributed by atoms with van der Waals surface area (Å²) in [6.45, 7) is 7.78. The van der Waals surface area contributed by atoms with Crippen molar-refractivity contribution in [1.82, 2.24) is 10.2 Å². The van der Waals surface area contributed by atoms with Crippen LogP contribution in [-0.4, -0.2) is 31.6 Å². The van der Waals surface area contributed by atoms with Gasteiger partial charge >= 0.3 is 0 Å². The van der Waals surface area contributed by atoms with Gasteiger partial charge in [-0.05, 0) is 38.6 Å². The Balaban J connectivity index is 2.59. The zero-order valence-corrected chi connectivity index (χ0v) is 13.1. The predicted molar refractivity (Wildman–Crippen MR) is 81.3 cm³/mol. The Morgan fingerprint density at radius 3 is 2.26 bits per heavy atom. The fourth-order valence-corrected chi connectivity index (χ4v) is 2.80. The van der Waals surface area contributed by atoms with Crippen LogP contribution in [0.2, 0.25) is 0 Å². The van der Waals surface area contributed by atoms with Crippen molar-refractivity contribution in [2.75, 3.05) is 20.6 Å².